The fraction of sp³-hybridized carbons (Fsp3) is 0.531. The van der Waals surface area contributed by atoms with Crippen molar-refractivity contribution in [3.63, 3.8) is 0 Å². The molecule has 3 atom stereocenters. The van der Waals surface area contributed by atoms with Crippen molar-refractivity contribution in [1.82, 2.24) is 20.3 Å². The van der Waals surface area contributed by atoms with Gasteiger partial charge in [0.05, 0.1) is 31.1 Å². The van der Waals surface area contributed by atoms with Gasteiger partial charge in [-0.25, -0.2) is 28.3 Å². The van der Waals surface area contributed by atoms with E-state index in [1.54, 1.807) is 40.1 Å². The van der Waals surface area contributed by atoms with Crippen molar-refractivity contribution < 1.29 is 37.0 Å². The molecule has 0 aliphatic carbocycles. The minimum absolute atomic E-state index is 0.120. The molecule has 0 bridgehead atoms. The average molecular weight is 643 g/mol. The number of amides is 1. The van der Waals surface area contributed by atoms with Gasteiger partial charge >= 0.3 is 12.1 Å². The number of piperidine rings is 1. The number of alkyl carbamates (subject to hydrolysis) is 1. The largest absolute Gasteiger partial charge is 0.487 e. The van der Waals surface area contributed by atoms with E-state index >= 15 is 0 Å². The molecule has 1 amide bonds. The molecule has 0 spiro atoms. The van der Waals surface area contributed by atoms with Crippen molar-refractivity contribution in [2.75, 3.05) is 42.6 Å². The Kier molecular flexibility index (Phi) is 9.92. The molecule has 0 radical (unpaired) electrons. The van der Waals surface area contributed by atoms with E-state index < -0.39 is 41.3 Å². The van der Waals surface area contributed by atoms with Gasteiger partial charge < -0.3 is 33.7 Å². The summed E-state index contributed by atoms with van der Waals surface area (Å²) < 4.78 is 51.0. The highest BCUT2D eigenvalue weighted by molar-refractivity contribution is 5.87. The third-order valence-corrected chi connectivity index (χ3v) is 8.05. The zero-order valence-corrected chi connectivity index (χ0v) is 26.7. The summed E-state index contributed by atoms with van der Waals surface area (Å²) in [6.07, 6.45) is 5.38. The maximum absolute atomic E-state index is 14.8. The van der Waals surface area contributed by atoms with Gasteiger partial charge in [0, 0.05) is 32.1 Å². The Morgan fingerprint density at radius 3 is 2.50 bits per heavy atom. The van der Waals surface area contributed by atoms with Crippen molar-refractivity contribution in [2.45, 2.75) is 71.1 Å². The predicted octanol–water partition coefficient (Wildman–Crippen LogP) is 5.10. The third kappa shape index (κ3) is 8.01. The Morgan fingerprint density at radius 1 is 1.11 bits per heavy atom. The highest BCUT2D eigenvalue weighted by Gasteiger charge is 2.38. The predicted molar refractivity (Wildman–Crippen MR) is 164 cm³/mol. The topological polar surface area (TPSA) is 132 Å². The minimum atomic E-state index is -0.721. The molecule has 14 heteroatoms. The van der Waals surface area contributed by atoms with Crippen LogP contribution in [0, 0.1) is 17.6 Å². The van der Waals surface area contributed by atoms with Gasteiger partial charge in [-0.2, -0.15) is 4.98 Å². The third-order valence-electron chi connectivity index (χ3n) is 8.05. The lowest BCUT2D eigenvalue weighted by atomic mass is 9.92. The molecule has 3 unspecified atom stereocenters. The van der Waals surface area contributed by atoms with Crippen LogP contribution in [0.25, 0.3) is 0 Å². The van der Waals surface area contributed by atoms with Crippen molar-refractivity contribution in [1.29, 1.82) is 0 Å². The highest BCUT2D eigenvalue weighted by atomic mass is 19.1. The molecule has 0 saturated carbocycles. The monoisotopic (exact) mass is 642 g/mol. The summed E-state index contributed by atoms with van der Waals surface area (Å²) in [5, 5.41) is 2.82. The molecule has 248 valence electrons. The van der Waals surface area contributed by atoms with Crippen LogP contribution in [0.15, 0.2) is 41.3 Å². The number of anilines is 2. The van der Waals surface area contributed by atoms with E-state index in [1.165, 1.54) is 6.26 Å². The van der Waals surface area contributed by atoms with Gasteiger partial charge in [0.1, 0.15) is 23.5 Å². The second kappa shape index (κ2) is 13.9. The Bertz CT molecular complexity index is 1510. The van der Waals surface area contributed by atoms with Crippen molar-refractivity contribution >= 4 is 24.0 Å². The van der Waals surface area contributed by atoms with E-state index in [1.807, 2.05) is 16.7 Å². The van der Waals surface area contributed by atoms with Gasteiger partial charge in [0.15, 0.2) is 11.4 Å². The summed E-state index contributed by atoms with van der Waals surface area (Å²) in [4.78, 5) is 41.6. The van der Waals surface area contributed by atoms with Gasteiger partial charge in [-0.3, -0.25) is 0 Å². The van der Waals surface area contributed by atoms with Gasteiger partial charge in [0.25, 0.3) is 6.01 Å². The SMILES string of the molecule is CCOC(=O)c1coc(N2CCC(C(C)Oc3cnc(N4CC(NC(=O)OC(C)(C)C)C(c5cc(F)ccc5F)C4)nc3)CC2)n1. The van der Waals surface area contributed by atoms with Crippen LogP contribution in [0.3, 0.4) is 0 Å². The Morgan fingerprint density at radius 2 is 1.83 bits per heavy atom. The Hall–Kier alpha value is -4.49. The smallest absolute Gasteiger partial charge is 0.407 e. The van der Waals surface area contributed by atoms with Crippen molar-refractivity contribution in [3.8, 4) is 5.75 Å². The molecule has 2 aliphatic rings. The molecule has 2 fully saturated rings. The summed E-state index contributed by atoms with van der Waals surface area (Å²) in [5.74, 6) is -1.07. The number of carbonyl (C=O) groups excluding carboxylic acids is 2. The molecular formula is C32H40F2N6O6. The number of nitrogens with zero attached hydrogens (tertiary/aromatic N) is 5. The van der Waals surface area contributed by atoms with Gasteiger partial charge in [-0.15, -0.1) is 0 Å². The lowest BCUT2D eigenvalue weighted by molar-refractivity contribution is 0.0499. The molecule has 5 rings (SSSR count). The van der Waals surface area contributed by atoms with Crippen LogP contribution in [-0.2, 0) is 9.47 Å². The number of oxazole rings is 1. The summed E-state index contributed by atoms with van der Waals surface area (Å²) >= 11 is 0. The number of ether oxygens (including phenoxy) is 3. The molecule has 1 N–H and O–H groups in total. The number of benzene rings is 1. The van der Waals surface area contributed by atoms with Crippen LogP contribution in [0.1, 0.15) is 69.4 Å². The first-order valence-electron chi connectivity index (χ1n) is 15.5. The second-order valence-corrected chi connectivity index (χ2v) is 12.5. The van der Waals surface area contributed by atoms with Crippen LogP contribution in [0.2, 0.25) is 0 Å². The Labute approximate surface area is 266 Å². The fourth-order valence-corrected chi connectivity index (χ4v) is 5.80. The van der Waals surface area contributed by atoms with Crippen LogP contribution >= 0.6 is 0 Å². The Balaban J connectivity index is 1.19. The number of hydrogen-bond acceptors (Lipinski definition) is 11. The van der Waals surface area contributed by atoms with Gasteiger partial charge in [-0.05, 0) is 77.1 Å². The number of aromatic nitrogens is 3. The van der Waals surface area contributed by atoms with E-state index in [0.29, 0.717) is 30.8 Å². The van der Waals surface area contributed by atoms with Crippen LogP contribution < -0.4 is 19.9 Å². The molecule has 2 saturated heterocycles. The molecular weight excluding hydrogens is 602 g/mol. The van der Waals surface area contributed by atoms with E-state index in [9.17, 15) is 18.4 Å². The molecule has 4 heterocycles. The number of hydrogen-bond donors (Lipinski definition) is 1. The maximum atomic E-state index is 14.8. The number of rotatable bonds is 9. The van der Waals surface area contributed by atoms with Crippen molar-refractivity contribution in [3.05, 3.63) is 59.7 Å². The van der Waals surface area contributed by atoms with Crippen molar-refractivity contribution in [2.24, 2.45) is 5.92 Å². The summed E-state index contributed by atoms with van der Waals surface area (Å²) in [6.45, 7) is 11.2. The number of esters is 1. The van der Waals surface area contributed by atoms with E-state index in [2.05, 4.69) is 20.3 Å². The lowest BCUT2D eigenvalue weighted by Gasteiger charge is -2.33. The molecule has 2 aliphatic heterocycles. The molecule has 46 heavy (non-hydrogen) atoms. The lowest BCUT2D eigenvalue weighted by Crippen LogP contribution is -2.43. The quantitative estimate of drug-likeness (QED) is 0.313. The molecule has 12 nitrogen and oxygen atoms in total. The molecule has 1 aromatic carbocycles. The first-order valence-corrected chi connectivity index (χ1v) is 15.5. The zero-order valence-electron chi connectivity index (χ0n) is 26.7. The van der Waals surface area contributed by atoms with E-state index in [-0.39, 0.29) is 43.0 Å². The minimum Gasteiger partial charge on any atom is -0.487 e. The first-order chi connectivity index (χ1) is 21.9. The normalized spacial score (nSPS) is 19.5. The standard InChI is InChI=1S/C32H40F2N6O6/c1-6-43-28(41)27-18-44-30(37-27)39-11-9-20(10-12-39)19(2)45-22-14-35-29(36-15-22)40-16-24(23-13-21(33)7-8-25(23)34)26(17-40)38-31(42)46-32(3,4)5/h7-8,13-15,18-20,24,26H,6,9-12,16-17H2,1-5H3,(H,38,42). The van der Waals surface area contributed by atoms with Gasteiger partial charge in [0.2, 0.25) is 5.95 Å². The number of carbonyl (C=O) groups is 2. The average Bonchev–Trinajstić information content (AvgIpc) is 3.66. The van der Waals surface area contributed by atoms with Crippen LogP contribution in [0.5, 0.6) is 5.75 Å². The summed E-state index contributed by atoms with van der Waals surface area (Å²) in [6, 6.07) is 3.12. The highest BCUT2D eigenvalue weighted by Crippen LogP contribution is 2.33. The summed E-state index contributed by atoms with van der Waals surface area (Å²) in [5.41, 5.74) is -0.411. The molecule has 2 aromatic heterocycles. The zero-order chi connectivity index (χ0) is 33.0. The first kappa shape index (κ1) is 32.9. The van der Waals surface area contributed by atoms with Gasteiger partial charge in [-0.1, -0.05) is 0 Å². The number of halogens is 2. The second-order valence-electron chi connectivity index (χ2n) is 12.5. The van der Waals surface area contributed by atoms with E-state index in [4.69, 9.17) is 18.6 Å². The fourth-order valence-electron chi connectivity index (χ4n) is 5.80. The number of nitrogens with one attached hydrogen (secondary N) is 1. The van der Waals surface area contributed by atoms with Crippen LogP contribution in [0.4, 0.5) is 25.5 Å². The molecule has 3 aromatic rings. The maximum Gasteiger partial charge on any atom is 0.407 e. The van der Waals surface area contributed by atoms with E-state index in [0.717, 1.165) is 31.0 Å². The summed E-state index contributed by atoms with van der Waals surface area (Å²) in [7, 11) is 0. The van der Waals surface area contributed by atoms with Crippen LogP contribution in [-0.4, -0.2) is 77.5 Å².